The van der Waals surface area contributed by atoms with Gasteiger partial charge in [0.15, 0.2) is 5.82 Å². The molecule has 2 N–H and O–H groups in total. The lowest BCUT2D eigenvalue weighted by Crippen LogP contribution is -2.25. The zero-order valence-electron chi connectivity index (χ0n) is 12.8. The Labute approximate surface area is 129 Å². The minimum absolute atomic E-state index is 0.473. The Morgan fingerprint density at radius 2 is 1.86 bits per heavy atom. The average Bonchev–Trinajstić information content (AvgIpc) is 3.33. The first-order valence-electron chi connectivity index (χ1n) is 7.59. The molecule has 1 fully saturated rings. The number of hydrogen-bond donors (Lipinski definition) is 2. The third-order valence-corrected chi connectivity index (χ3v) is 3.38. The molecule has 0 atom stereocenters. The molecule has 0 aliphatic heterocycles. The smallest absolute Gasteiger partial charge is 0.235 e. The van der Waals surface area contributed by atoms with Crippen molar-refractivity contribution >= 4 is 23.7 Å². The number of anilines is 4. The van der Waals surface area contributed by atoms with Gasteiger partial charge in [-0.2, -0.15) is 15.0 Å². The number of nitrogens with one attached hydrogen (secondary N) is 2. The second-order valence-electron chi connectivity index (χ2n) is 5.09. The first-order chi connectivity index (χ1) is 10.8. The van der Waals surface area contributed by atoms with Gasteiger partial charge in [0.05, 0.1) is 6.20 Å². The molecule has 116 valence electrons. The number of aromatic nitrogens is 5. The molecular formula is C14H20N8. The molecule has 0 unspecified atom stereocenters. The SMILES string of the molecule is CCN(CC)c1nc(Nc2cnccn2)nc(NC2CC2)n1. The number of nitrogens with zero attached hydrogens (tertiary/aromatic N) is 6. The van der Waals surface area contributed by atoms with Crippen LogP contribution in [0.15, 0.2) is 18.6 Å². The lowest BCUT2D eigenvalue weighted by atomic mass is 10.5. The lowest BCUT2D eigenvalue weighted by molar-refractivity contribution is 0.813. The van der Waals surface area contributed by atoms with E-state index in [1.807, 2.05) is 0 Å². The van der Waals surface area contributed by atoms with E-state index in [9.17, 15) is 0 Å². The predicted octanol–water partition coefficient (Wildman–Crippen LogP) is 1.83. The van der Waals surface area contributed by atoms with Crippen molar-refractivity contribution in [1.29, 1.82) is 0 Å². The third-order valence-electron chi connectivity index (χ3n) is 3.38. The summed E-state index contributed by atoms with van der Waals surface area (Å²) in [5.41, 5.74) is 0. The van der Waals surface area contributed by atoms with Gasteiger partial charge >= 0.3 is 0 Å². The topological polar surface area (TPSA) is 91.8 Å². The second kappa shape index (κ2) is 6.50. The largest absolute Gasteiger partial charge is 0.351 e. The van der Waals surface area contributed by atoms with Crippen LogP contribution in [0.5, 0.6) is 0 Å². The van der Waals surface area contributed by atoms with Crippen molar-refractivity contribution in [2.45, 2.75) is 32.7 Å². The van der Waals surface area contributed by atoms with Gasteiger partial charge in [-0.1, -0.05) is 0 Å². The zero-order valence-corrected chi connectivity index (χ0v) is 12.8. The molecule has 3 rings (SSSR count). The number of rotatable bonds is 7. The van der Waals surface area contributed by atoms with Crippen molar-refractivity contribution in [1.82, 2.24) is 24.9 Å². The first kappa shape index (κ1) is 14.4. The standard InChI is InChI=1S/C14H20N8/c1-3-22(4-2)14-20-12(17-10-5-6-10)19-13(21-14)18-11-9-15-7-8-16-11/h7-10H,3-6H2,1-2H3,(H2,16,17,18,19,20,21). The van der Waals surface area contributed by atoms with E-state index in [-0.39, 0.29) is 0 Å². The Morgan fingerprint density at radius 1 is 1.09 bits per heavy atom. The third kappa shape index (κ3) is 3.57. The first-order valence-corrected chi connectivity index (χ1v) is 7.59. The highest BCUT2D eigenvalue weighted by molar-refractivity contribution is 5.51. The Bertz CT molecular complexity index is 609. The Hall–Kier alpha value is -2.51. The molecule has 0 radical (unpaired) electrons. The highest BCUT2D eigenvalue weighted by atomic mass is 15.3. The molecule has 22 heavy (non-hydrogen) atoms. The van der Waals surface area contributed by atoms with E-state index in [0.29, 0.717) is 29.7 Å². The molecule has 2 heterocycles. The van der Waals surface area contributed by atoms with Crippen LogP contribution in [-0.4, -0.2) is 44.1 Å². The average molecular weight is 300 g/mol. The van der Waals surface area contributed by atoms with E-state index in [2.05, 4.69) is 54.3 Å². The van der Waals surface area contributed by atoms with Crippen LogP contribution >= 0.6 is 0 Å². The minimum atomic E-state index is 0.473. The van der Waals surface area contributed by atoms with E-state index in [1.165, 1.54) is 12.8 Å². The van der Waals surface area contributed by atoms with Crippen LogP contribution in [0.4, 0.5) is 23.7 Å². The van der Waals surface area contributed by atoms with Gasteiger partial charge in [-0.15, -0.1) is 0 Å². The van der Waals surface area contributed by atoms with Gasteiger partial charge in [0.2, 0.25) is 17.8 Å². The molecule has 0 bridgehead atoms. The molecule has 2 aromatic rings. The van der Waals surface area contributed by atoms with Gasteiger partial charge in [0, 0.05) is 31.5 Å². The summed E-state index contributed by atoms with van der Waals surface area (Å²) in [7, 11) is 0. The fraction of sp³-hybridized carbons (Fsp3) is 0.500. The Kier molecular flexibility index (Phi) is 4.27. The highest BCUT2D eigenvalue weighted by Crippen LogP contribution is 2.24. The molecule has 0 amide bonds. The minimum Gasteiger partial charge on any atom is -0.351 e. The fourth-order valence-electron chi connectivity index (χ4n) is 2.02. The molecule has 1 saturated carbocycles. The van der Waals surface area contributed by atoms with E-state index < -0.39 is 0 Å². The van der Waals surface area contributed by atoms with Gasteiger partial charge in [0.1, 0.15) is 0 Å². The summed E-state index contributed by atoms with van der Waals surface area (Å²) in [6.45, 7) is 5.84. The lowest BCUT2D eigenvalue weighted by Gasteiger charge is -2.19. The normalized spacial score (nSPS) is 13.7. The Balaban J connectivity index is 1.87. The number of hydrogen-bond acceptors (Lipinski definition) is 8. The summed E-state index contributed by atoms with van der Waals surface area (Å²) in [4.78, 5) is 23.7. The maximum absolute atomic E-state index is 4.51. The van der Waals surface area contributed by atoms with Crippen LogP contribution in [0.2, 0.25) is 0 Å². The van der Waals surface area contributed by atoms with E-state index in [1.54, 1.807) is 18.6 Å². The van der Waals surface area contributed by atoms with Crippen LogP contribution in [0.1, 0.15) is 26.7 Å². The van der Waals surface area contributed by atoms with Gasteiger partial charge in [-0.05, 0) is 26.7 Å². The molecule has 0 spiro atoms. The summed E-state index contributed by atoms with van der Waals surface area (Å²) in [5, 5.41) is 6.40. The fourth-order valence-corrected chi connectivity index (χ4v) is 2.02. The van der Waals surface area contributed by atoms with Crippen LogP contribution < -0.4 is 15.5 Å². The van der Waals surface area contributed by atoms with Crippen molar-refractivity contribution in [3.05, 3.63) is 18.6 Å². The van der Waals surface area contributed by atoms with Crippen molar-refractivity contribution in [3.63, 3.8) is 0 Å². The predicted molar refractivity (Wildman–Crippen MR) is 85.3 cm³/mol. The summed E-state index contributed by atoms with van der Waals surface area (Å²) in [6.07, 6.45) is 7.21. The van der Waals surface area contributed by atoms with Crippen LogP contribution in [0.25, 0.3) is 0 Å². The van der Waals surface area contributed by atoms with E-state index >= 15 is 0 Å². The van der Waals surface area contributed by atoms with Crippen molar-refractivity contribution in [2.24, 2.45) is 0 Å². The van der Waals surface area contributed by atoms with Crippen LogP contribution in [0, 0.1) is 0 Å². The molecule has 8 nitrogen and oxygen atoms in total. The highest BCUT2D eigenvalue weighted by Gasteiger charge is 2.23. The van der Waals surface area contributed by atoms with E-state index in [0.717, 1.165) is 13.1 Å². The van der Waals surface area contributed by atoms with Gasteiger partial charge < -0.3 is 15.5 Å². The maximum atomic E-state index is 4.51. The van der Waals surface area contributed by atoms with Crippen LogP contribution in [-0.2, 0) is 0 Å². The quantitative estimate of drug-likeness (QED) is 0.800. The van der Waals surface area contributed by atoms with Crippen molar-refractivity contribution < 1.29 is 0 Å². The second-order valence-corrected chi connectivity index (χ2v) is 5.09. The molecular weight excluding hydrogens is 280 g/mol. The van der Waals surface area contributed by atoms with Gasteiger partial charge in [-0.3, -0.25) is 4.98 Å². The summed E-state index contributed by atoms with van der Waals surface area (Å²) in [6, 6.07) is 0.483. The van der Waals surface area contributed by atoms with Gasteiger partial charge in [-0.25, -0.2) is 4.98 Å². The zero-order chi connectivity index (χ0) is 15.4. The Morgan fingerprint density at radius 3 is 2.50 bits per heavy atom. The van der Waals surface area contributed by atoms with E-state index in [4.69, 9.17) is 0 Å². The van der Waals surface area contributed by atoms with Crippen LogP contribution in [0.3, 0.4) is 0 Å². The molecule has 0 saturated heterocycles. The van der Waals surface area contributed by atoms with Crippen molar-refractivity contribution in [2.75, 3.05) is 28.6 Å². The maximum Gasteiger partial charge on any atom is 0.235 e. The molecule has 0 aromatic carbocycles. The monoisotopic (exact) mass is 300 g/mol. The molecule has 2 aromatic heterocycles. The van der Waals surface area contributed by atoms with Gasteiger partial charge in [0.25, 0.3) is 0 Å². The molecule has 1 aliphatic carbocycles. The molecule has 1 aliphatic rings. The summed E-state index contributed by atoms with van der Waals surface area (Å²) >= 11 is 0. The van der Waals surface area contributed by atoms with Crippen molar-refractivity contribution in [3.8, 4) is 0 Å². The molecule has 8 heteroatoms. The summed E-state index contributed by atoms with van der Waals surface area (Å²) < 4.78 is 0. The summed E-state index contributed by atoms with van der Waals surface area (Å²) in [5.74, 6) is 2.34.